The van der Waals surface area contributed by atoms with Crippen LogP contribution in [0.25, 0.3) is 0 Å². The molecule has 0 spiro atoms. The predicted octanol–water partition coefficient (Wildman–Crippen LogP) is 1.89. The third-order valence-electron chi connectivity index (χ3n) is 3.38. The van der Waals surface area contributed by atoms with Gasteiger partial charge in [-0.15, -0.1) is 0 Å². The number of nitrogens with zero attached hydrogens (tertiary/aromatic N) is 1. The van der Waals surface area contributed by atoms with Crippen LogP contribution in [0.1, 0.15) is 25.0 Å². The van der Waals surface area contributed by atoms with Gasteiger partial charge < -0.3 is 15.4 Å². The van der Waals surface area contributed by atoms with Crippen LogP contribution in [0.15, 0.2) is 18.2 Å². The first-order valence-corrected chi connectivity index (χ1v) is 6.22. The fourth-order valence-corrected chi connectivity index (χ4v) is 2.40. The molecule has 18 heavy (non-hydrogen) atoms. The van der Waals surface area contributed by atoms with Gasteiger partial charge in [-0.25, -0.2) is 0 Å². The minimum Gasteiger partial charge on any atom is -0.384 e. The summed E-state index contributed by atoms with van der Waals surface area (Å²) in [6.07, 6.45) is 0. The minimum atomic E-state index is -0.0732. The van der Waals surface area contributed by atoms with Gasteiger partial charge in [-0.3, -0.25) is 5.41 Å². The van der Waals surface area contributed by atoms with E-state index in [0.717, 1.165) is 17.8 Å². The monoisotopic (exact) mass is 247 g/mol. The first kappa shape index (κ1) is 12.9. The van der Waals surface area contributed by atoms with Crippen LogP contribution in [0.5, 0.6) is 0 Å². The molecular formula is C14H21N3O. The summed E-state index contributed by atoms with van der Waals surface area (Å²) in [6, 6.07) is 6.02. The Morgan fingerprint density at radius 2 is 2.17 bits per heavy atom. The molecule has 1 aliphatic heterocycles. The molecule has 2 rings (SSSR count). The number of morpholine rings is 1. The van der Waals surface area contributed by atoms with Crippen molar-refractivity contribution < 1.29 is 4.74 Å². The molecule has 1 heterocycles. The van der Waals surface area contributed by atoms with Crippen LogP contribution < -0.4 is 10.6 Å². The second-order valence-electron chi connectivity index (χ2n) is 5.45. The Morgan fingerprint density at radius 1 is 1.44 bits per heavy atom. The highest BCUT2D eigenvalue weighted by atomic mass is 16.5. The topological polar surface area (TPSA) is 62.3 Å². The lowest BCUT2D eigenvalue weighted by molar-refractivity contribution is 0.0644. The number of aryl methyl sites for hydroxylation is 1. The van der Waals surface area contributed by atoms with Gasteiger partial charge in [0.05, 0.1) is 18.8 Å². The highest BCUT2D eigenvalue weighted by Crippen LogP contribution is 2.30. The van der Waals surface area contributed by atoms with Crippen LogP contribution >= 0.6 is 0 Å². The summed E-state index contributed by atoms with van der Waals surface area (Å²) in [4.78, 5) is 2.29. The zero-order valence-corrected chi connectivity index (χ0v) is 11.3. The van der Waals surface area contributed by atoms with E-state index in [9.17, 15) is 0 Å². The Balaban J connectivity index is 2.48. The van der Waals surface area contributed by atoms with Crippen molar-refractivity contribution in [1.29, 1.82) is 5.41 Å². The van der Waals surface area contributed by atoms with Gasteiger partial charge in [-0.1, -0.05) is 6.07 Å². The Kier molecular flexibility index (Phi) is 3.30. The first-order valence-electron chi connectivity index (χ1n) is 6.22. The summed E-state index contributed by atoms with van der Waals surface area (Å²) in [5.41, 5.74) is 8.63. The van der Waals surface area contributed by atoms with Gasteiger partial charge in [-0.05, 0) is 38.5 Å². The van der Waals surface area contributed by atoms with E-state index in [2.05, 4.69) is 31.7 Å². The zero-order valence-electron chi connectivity index (χ0n) is 11.3. The number of amidine groups is 1. The predicted molar refractivity (Wildman–Crippen MR) is 74.4 cm³/mol. The van der Waals surface area contributed by atoms with Crippen molar-refractivity contribution in [3.05, 3.63) is 29.3 Å². The third kappa shape index (κ3) is 2.34. The molecule has 1 saturated heterocycles. The van der Waals surface area contributed by atoms with Gasteiger partial charge >= 0.3 is 0 Å². The first-order chi connectivity index (χ1) is 8.42. The molecule has 0 radical (unpaired) electrons. The molecule has 1 aliphatic rings. The highest BCUT2D eigenvalue weighted by molar-refractivity contribution is 6.00. The van der Waals surface area contributed by atoms with E-state index < -0.39 is 0 Å². The van der Waals surface area contributed by atoms with E-state index in [0.29, 0.717) is 13.2 Å². The van der Waals surface area contributed by atoms with Crippen molar-refractivity contribution in [2.75, 3.05) is 24.7 Å². The van der Waals surface area contributed by atoms with Crippen LogP contribution in [-0.4, -0.2) is 31.1 Å². The molecule has 0 aliphatic carbocycles. The van der Waals surface area contributed by atoms with Gasteiger partial charge in [0.25, 0.3) is 0 Å². The van der Waals surface area contributed by atoms with Crippen LogP contribution in [0.4, 0.5) is 5.69 Å². The molecule has 98 valence electrons. The minimum absolute atomic E-state index is 0.0732. The Labute approximate surface area is 108 Å². The lowest BCUT2D eigenvalue weighted by Gasteiger charge is -2.44. The van der Waals surface area contributed by atoms with Gasteiger partial charge in [0, 0.05) is 17.8 Å². The number of hydrogen-bond donors (Lipinski definition) is 2. The van der Waals surface area contributed by atoms with Crippen LogP contribution in [0, 0.1) is 12.3 Å². The van der Waals surface area contributed by atoms with Crippen molar-refractivity contribution in [2.24, 2.45) is 5.73 Å². The average molecular weight is 247 g/mol. The van der Waals surface area contributed by atoms with E-state index in [4.69, 9.17) is 15.9 Å². The molecule has 1 aromatic carbocycles. The van der Waals surface area contributed by atoms with Crippen molar-refractivity contribution >= 4 is 11.5 Å². The van der Waals surface area contributed by atoms with Crippen molar-refractivity contribution in [3.8, 4) is 0 Å². The summed E-state index contributed by atoms with van der Waals surface area (Å²) in [7, 11) is 0. The van der Waals surface area contributed by atoms with Crippen LogP contribution in [0.2, 0.25) is 0 Å². The normalized spacial score (nSPS) is 18.7. The number of nitrogen functional groups attached to an aromatic ring is 1. The zero-order chi connectivity index (χ0) is 13.3. The average Bonchev–Trinajstić information content (AvgIpc) is 2.27. The van der Waals surface area contributed by atoms with E-state index in [-0.39, 0.29) is 11.4 Å². The highest BCUT2D eigenvalue weighted by Gasteiger charge is 2.32. The number of benzene rings is 1. The number of nitrogens with two attached hydrogens (primary N) is 1. The summed E-state index contributed by atoms with van der Waals surface area (Å²) < 4.78 is 5.54. The van der Waals surface area contributed by atoms with Crippen molar-refractivity contribution in [2.45, 2.75) is 26.3 Å². The molecule has 4 heteroatoms. The second-order valence-corrected chi connectivity index (χ2v) is 5.45. The Morgan fingerprint density at radius 3 is 2.78 bits per heavy atom. The number of rotatable bonds is 2. The molecule has 1 fully saturated rings. The van der Waals surface area contributed by atoms with Gasteiger partial charge in [0.1, 0.15) is 5.84 Å². The SMILES string of the molecule is Cc1ccc(C(=N)N)c(N2CCOCC2(C)C)c1. The molecule has 0 amide bonds. The number of anilines is 1. The maximum Gasteiger partial charge on any atom is 0.124 e. The molecular weight excluding hydrogens is 226 g/mol. The van der Waals surface area contributed by atoms with Crippen molar-refractivity contribution in [1.82, 2.24) is 0 Å². The van der Waals surface area contributed by atoms with Crippen molar-refractivity contribution in [3.63, 3.8) is 0 Å². The molecule has 0 atom stereocenters. The van der Waals surface area contributed by atoms with Crippen LogP contribution in [-0.2, 0) is 4.74 Å². The maximum atomic E-state index is 7.71. The van der Waals surface area contributed by atoms with Gasteiger partial charge in [0.15, 0.2) is 0 Å². The Hall–Kier alpha value is -1.55. The molecule has 0 unspecified atom stereocenters. The smallest absolute Gasteiger partial charge is 0.124 e. The quantitative estimate of drug-likeness (QED) is 0.619. The molecule has 4 nitrogen and oxygen atoms in total. The molecule has 1 aromatic rings. The largest absolute Gasteiger partial charge is 0.384 e. The van der Waals surface area contributed by atoms with Gasteiger partial charge in [0.2, 0.25) is 0 Å². The number of hydrogen-bond acceptors (Lipinski definition) is 3. The standard InChI is InChI=1S/C14H21N3O/c1-10-4-5-11(13(15)16)12(8-10)17-6-7-18-9-14(17,2)3/h4-5,8H,6-7,9H2,1-3H3,(H3,15,16). The summed E-state index contributed by atoms with van der Waals surface area (Å²) in [6.45, 7) is 8.60. The van der Waals surface area contributed by atoms with E-state index in [1.165, 1.54) is 5.56 Å². The number of nitrogens with one attached hydrogen (secondary N) is 1. The molecule has 0 aromatic heterocycles. The summed E-state index contributed by atoms with van der Waals surface area (Å²) in [5, 5.41) is 7.71. The van der Waals surface area contributed by atoms with E-state index >= 15 is 0 Å². The van der Waals surface area contributed by atoms with Crippen LogP contribution in [0.3, 0.4) is 0 Å². The Bertz CT molecular complexity index is 468. The second kappa shape index (κ2) is 4.61. The lowest BCUT2D eigenvalue weighted by Crippen LogP contribution is -2.53. The third-order valence-corrected chi connectivity index (χ3v) is 3.38. The van der Waals surface area contributed by atoms with Gasteiger partial charge in [-0.2, -0.15) is 0 Å². The fraction of sp³-hybridized carbons (Fsp3) is 0.500. The summed E-state index contributed by atoms with van der Waals surface area (Å²) >= 11 is 0. The fourth-order valence-electron chi connectivity index (χ4n) is 2.40. The molecule has 0 bridgehead atoms. The lowest BCUT2D eigenvalue weighted by atomic mass is 9.98. The maximum absolute atomic E-state index is 7.71. The van der Waals surface area contributed by atoms with E-state index in [1.54, 1.807) is 0 Å². The molecule has 0 saturated carbocycles. The number of ether oxygens (including phenoxy) is 1. The summed E-state index contributed by atoms with van der Waals surface area (Å²) in [5.74, 6) is 0.118. The molecule has 3 N–H and O–H groups in total. The van der Waals surface area contributed by atoms with E-state index in [1.807, 2.05) is 12.1 Å².